The number of rotatable bonds is 6. The molecule has 3 rings (SSSR count). The summed E-state index contributed by atoms with van der Waals surface area (Å²) in [6.07, 6.45) is 5.42. The normalized spacial score (nSPS) is 18.9. The average Bonchev–Trinajstić information content (AvgIpc) is 3.19. The van der Waals surface area contributed by atoms with Crippen molar-refractivity contribution in [2.45, 2.75) is 32.5 Å². The van der Waals surface area contributed by atoms with E-state index < -0.39 is 0 Å². The van der Waals surface area contributed by atoms with Gasteiger partial charge in [0, 0.05) is 37.6 Å². The van der Waals surface area contributed by atoms with Gasteiger partial charge >= 0.3 is 0 Å². The van der Waals surface area contributed by atoms with Crippen molar-refractivity contribution in [2.75, 3.05) is 31.6 Å². The summed E-state index contributed by atoms with van der Waals surface area (Å²) in [6.45, 7) is 7.22. The van der Waals surface area contributed by atoms with Crippen LogP contribution in [0.4, 0.5) is 5.82 Å². The third-order valence-corrected chi connectivity index (χ3v) is 3.97. The molecule has 0 radical (unpaired) electrons. The topological polar surface area (TPSA) is 77.2 Å². The molecule has 1 aliphatic rings. The van der Waals surface area contributed by atoms with Gasteiger partial charge in [-0.1, -0.05) is 0 Å². The van der Waals surface area contributed by atoms with Crippen LogP contribution in [0.2, 0.25) is 0 Å². The van der Waals surface area contributed by atoms with E-state index in [1.807, 2.05) is 36.9 Å². The quantitative estimate of drug-likeness (QED) is 0.854. The van der Waals surface area contributed by atoms with Gasteiger partial charge in [-0.2, -0.15) is 10.2 Å². The van der Waals surface area contributed by atoms with E-state index in [0.29, 0.717) is 19.7 Å². The van der Waals surface area contributed by atoms with Gasteiger partial charge in [0.1, 0.15) is 5.82 Å². The van der Waals surface area contributed by atoms with E-state index in [1.165, 1.54) is 0 Å². The van der Waals surface area contributed by atoms with Crippen LogP contribution in [0.25, 0.3) is 0 Å². The SMILES string of the molecule is CC(C)n1nccc1NC(=O)CN1CCO[C@@H](Cn2cccn2)C1. The Hall–Kier alpha value is -2.19. The van der Waals surface area contributed by atoms with Crippen molar-refractivity contribution < 1.29 is 9.53 Å². The zero-order chi connectivity index (χ0) is 16.9. The number of carbonyl (C=O) groups excluding carboxylic acids is 1. The highest BCUT2D eigenvalue weighted by Gasteiger charge is 2.23. The fraction of sp³-hybridized carbons (Fsp3) is 0.562. The molecular weight excluding hydrogens is 308 g/mol. The molecule has 1 fully saturated rings. The first-order chi connectivity index (χ1) is 11.6. The Bertz CT molecular complexity index is 651. The number of morpholine rings is 1. The molecule has 2 aromatic heterocycles. The molecule has 1 amide bonds. The predicted octanol–water partition coefficient (Wildman–Crippen LogP) is 1.000. The number of hydrogen-bond donors (Lipinski definition) is 1. The molecule has 0 spiro atoms. The summed E-state index contributed by atoms with van der Waals surface area (Å²) in [5.74, 6) is 0.702. The number of nitrogens with zero attached hydrogens (tertiary/aromatic N) is 5. The Morgan fingerprint density at radius 1 is 1.42 bits per heavy atom. The largest absolute Gasteiger partial charge is 0.374 e. The summed E-state index contributed by atoms with van der Waals surface area (Å²) in [5, 5.41) is 11.4. The Labute approximate surface area is 141 Å². The van der Waals surface area contributed by atoms with Gasteiger partial charge in [-0.25, -0.2) is 4.68 Å². The molecule has 1 N–H and O–H groups in total. The molecule has 1 atom stereocenters. The van der Waals surface area contributed by atoms with E-state index >= 15 is 0 Å². The standard InChI is InChI=1S/C16H24N6O2/c1-13(2)22-15(4-6-18-22)19-16(23)12-20-8-9-24-14(10-20)11-21-7-3-5-17-21/h3-7,13-14H,8-12H2,1-2H3,(H,19,23)/t14-/m1/s1. The van der Waals surface area contributed by atoms with E-state index in [0.717, 1.165) is 18.9 Å². The molecule has 0 unspecified atom stereocenters. The fourth-order valence-electron chi connectivity index (χ4n) is 2.86. The number of amides is 1. The predicted molar refractivity (Wildman–Crippen MR) is 89.6 cm³/mol. The number of hydrogen-bond acceptors (Lipinski definition) is 5. The Morgan fingerprint density at radius 2 is 2.29 bits per heavy atom. The summed E-state index contributed by atoms with van der Waals surface area (Å²) < 4.78 is 9.43. The van der Waals surface area contributed by atoms with Crippen molar-refractivity contribution in [1.29, 1.82) is 0 Å². The molecule has 24 heavy (non-hydrogen) atoms. The fourth-order valence-corrected chi connectivity index (χ4v) is 2.86. The molecule has 0 aromatic carbocycles. The molecule has 2 aromatic rings. The van der Waals surface area contributed by atoms with Crippen LogP contribution in [0.3, 0.4) is 0 Å². The van der Waals surface area contributed by atoms with Crippen molar-refractivity contribution in [2.24, 2.45) is 0 Å². The lowest BCUT2D eigenvalue weighted by Gasteiger charge is -2.32. The smallest absolute Gasteiger partial charge is 0.239 e. The summed E-state index contributed by atoms with van der Waals surface area (Å²) in [5.41, 5.74) is 0. The van der Waals surface area contributed by atoms with Crippen molar-refractivity contribution in [1.82, 2.24) is 24.5 Å². The minimum atomic E-state index is -0.0304. The monoisotopic (exact) mass is 332 g/mol. The lowest BCUT2D eigenvalue weighted by atomic mass is 10.2. The van der Waals surface area contributed by atoms with Gasteiger partial charge < -0.3 is 10.1 Å². The lowest BCUT2D eigenvalue weighted by Crippen LogP contribution is -2.47. The van der Waals surface area contributed by atoms with E-state index in [2.05, 4.69) is 20.4 Å². The highest BCUT2D eigenvalue weighted by molar-refractivity contribution is 5.91. The Balaban J connectivity index is 1.51. The van der Waals surface area contributed by atoms with Crippen LogP contribution in [0.1, 0.15) is 19.9 Å². The van der Waals surface area contributed by atoms with Gasteiger partial charge in [-0.3, -0.25) is 14.4 Å². The van der Waals surface area contributed by atoms with E-state index in [-0.39, 0.29) is 18.1 Å². The first-order valence-electron chi connectivity index (χ1n) is 8.26. The van der Waals surface area contributed by atoms with Gasteiger partial charge in [-0.05, 0) is 19.9 Å². The van der Waals surface area contributed by atoms with Gasteiger partial charge in [-0.15, -0.1) is 0 Å². The molecule has 3 heterocycles. The Morgan fingerprint density at radius 3 is 3.04 bits per heavy atom. The second kappa shape index (κ2) is 7.59. The molecule has 0 aliphatic carbocycles. The highest BCUT2D eigenvalue weighted by Crippen LogP contribution is 2.13. The molecule has 1 saturated heterocycles. The molecule has 130 valence electrons. The zero-order valence-electron chi connectivity index (χ0n) is 14.1. The van der Waals surface area contributed by atoms with Gasteiger partial charge in [0.05, 0.1) is 32.0 Å². The maximum absolute atomic E-state index is 12.3. The summed E-state index contributed by atoms with van der Waals surface area (Å²) in [6, 6.07) is 3.92. The molecule has 8 nitrogen and oxygen atoms in total. The lowest BCUT2D eigenvalue weighted by molar-refractivity contribution is -0.119. The maximum atomic E-state index is 12.3. The van der Waals surface area contributed by atoms with Crippen LogP contribution in [-0.2, 0) is 16.1 Å². The average molecular weight is 332 g/mol. The molecule has 0 saturated carbocycles. The minimum Gasteiger partial charge on any atom is -0.374 e. The number of aromatic nitrogens is 4. The number of nitrogens with one attached hydrogen (secondary N) is 1. The van der Waals surface area contributed by atoms with Crippen molar-refractivity contribution in [3.05, 3.63) is 30.7 Å². The molecule has 0 bridgehead atoms. The summed E-state index contributed by atoms with van der Waals surface area (Å²) in [7, 11) is 0. The Kier molecular flexibility index (Phi) is 5.27. The zero-order valence-corrected chi connectivity index (χ0v) is 14.1. The van der Waals surface area contributed by atoms with E-state index in [9.17, 15) is 4.79 Å². The molecular formula is C16H24N6O2. The van der Waals surface area contributed by atoms with Gasteiger partial charge in [0.25, 0.3) is 0 Å². The number of ether oxygens (including phenoxy) is 1. The molecule has 1 aliphatic heterocycles. The number of carbonyl (C=O) groups is 1. The van der Waals surface area contributed by atoms with Crippen LogP contribution in [0.5, 0.6) is 0 Å². The number of anilines is 1. The van der Waals surface area contributed by atoms with Crippen molar-refractivity contribution in [3.63, 3.8) is 0 Å². The van der Waals surface area contributed by atoms with Crippen LogP contribution in [-0.4, -0.2) is 62.7 Å². The third kappa shape index (κ3) is 4.21. The van der Waals surface area contributed by atoms with Crippen LogP contribution < -0.4 is 5.32 Å². The first-order valence-corrected chi connectivity index (χ1v) is 8.26. The first kappa shape index (κ1) is 16.7. The van der Waals surface area contributed by atoms with Crippen LogP contribution in [0, 0.1) is 0 Å². The van der Waals surface area contributed by atoms with Gasteiger partial charge in [0.2, 0.25) is 5.91 Å². The maximum Gasteiger partial charge on any atom is 0.239 e. The minimum absolute atomic E-state index is 0.0304. The highest BCUT2D eigenvalue weighted by atomic mass is 16.5. The summed E-state index contributed by atoms with van der Waals surface area (Å²) >= 11 is 0. The van der Waals surface area contributed by atoms with Gasteiger partial charge in [0.15, 0.2) is 0 Å². The second-order valence-electron chi connectivity index (χ2n) is 6.26. The van der Waals surface area contributed by atoms with Crippen molar-refractivity contribution in [3.8, 4) is 0 Å². The summed E-state index contributed by atoms with van der Waals surface area (Å²) in [4.78, 5) is 14.4. The molecule has 8 heteroatoms. The van der Waals surface area contributed by atoms with Crippen molar-refractivity contribution >= 4 is 11.7 Å². The van der Waals surface area contributed by atoms with Crippen LogP contribution in [0.15, 0.2) is 30.7 Å². The van der Waals surface area contributed by atoms with E-state index in [4.69, 9.17) is 4.74 Å². The second-order valence-corrected chi connectivity index (χ2v) is 6.26. The van der Waals surface area contributed by atoms with Crippen LogP contribution >= 0.6 is 0 Å². The van der Waals surface area contributed by atoms with E-state index in [1.54, 1.807) is 17.1 Å². The third-order valence-electron chi connectivity index (χ3n) is 3.97.